The number of fused-ring (bicyclic) bond motifs is 1. The van der Waals surface area contributed by atoms with Gasteiger partial charge in [0.15, 0.2) is 0 Å². The molecule has 0 aliphatic heterocycles. The summed E-state index contributed by atoms with van der Waals surface area (Å²) in [4.78, 5) is 43.3. The van der Waals surface area contributed by atoms with E-state index in [1.54, 1.807) is 25.4 Å². The van der Waals surface area contributed by atoms with Crippen LogP contribution in [0.3, 0.4) is 0 Å². The Balaban J connectivity index is 1.76. The van der Waals surface area contributed by atoms with Gasteiger partial charge in [0, 0.05) is 7.05 Å². The summed E-state index contributed by atoms with van der Waals surface area (Å²) in [6, 6.07) is 1.75. The number of nitrogens with zero attached hydrogens (tertiary/aromatic N) is 5. The molecule has 1 N–H and O–H groups in total. The number of carbonyl (C=O) groups is 1. The normalized spacial score (nSPS) is 11.0. The number of carbonyl (C=O) groups excluding carboxylic acids is 1. The van der Waals surface area contributed by atoms with E-state index in [1.807, 2.05) is 0 Å². The molecule has 0 atom stereocenters. The first kappa shape index (κ1) is 17.7. The lowest BCUT2D eigenvalue weighted by atomic mass is 10.3. The van der Waals surface area contributed by atoms with Gasteiger partial charge < -0.3 is 9.88 Å². The zero-order valence-electron chi connectivity index (χ0n) is 14.3. The van der Waals surface area contributed by atoms with Crippen molar-refractivity contribution in [2.75, 3.05) is 7.05 Å². The fraction of sp³-hybridized carbons (Fsp3) is 0.333. The first-order valence-corrected chi connectivity index (χ1v) is 8.54. The molecule has 0 fully saturated rings. The molecular formula is C15H16N6O4S. The highest BCUT2D eigenvalue weighted by atomic mass is 32.1. The highest BCUT2D eigenvalue weighted by Crippen LogP contribution is 2.21. The van der Waals surface area contributed by atoms with E-state index < -0.39 is 4.92 Å². The van der Waals surface area contributed by atoms with E-state index in [-0.39, 0.29) is 35.9 Å². The zero-order valence-corrected chi connectivity index (χ0v) is 15.2. The Morgan fingerprint density at radius 3 is 2.85 bits per heavy atom. The molecule has 0 radical (unpaired) electrons. The Hall–Kier alpha value is -3.08. The highest BCUT2D eigenvalue weighted by Gasteiger charge is 2.23. The predicted molar refractivity (Wildman–Crippen MR) is 95.1 cm³/mol. The Morgan fingerprint density at radius 2 is 2.19 bits per heavy atom. The van der Waals surface area contributed by atoms with Gasteiger partial charge in [-0.25, -0.2) is 4.98 Å². The number of aryl methyl sites for hydroxylation is 1. The van der Waals surface area contributed by atoms with E-state index in [4.69, 9.17) is 0 Å². The SMILES string of the molecule is Cc1nn(CC(=O)N(C)Cc2nc3ccsc3c(=O)[nH]2)c(C)c1[N+](=O)[O-]. The number of likely N-dealkylation sites (N-methyl/N-ethyl adjacent to an activating group) is 1. The van der Waals surface area contributed by atoms with Crippen molar-refractivity contribution in [3.63, 3.8) is 0 Å². The summed E-state index contributed by atoms with van der Waals surface area (Å²) in [5, 5.41) is 16.9. The second-order valence-corrected chi connectivity index (χ2v) is 6.75. The van der Waals surface area contributed by atoms with Gasteiger partial charge >= 0.3 is 5.69 Å². The number of aromatic amines is 1. The van der Waals surface area contributed by atoms with Crippen molar-refractivity contribution in [1.29, 1.82) is 0 Å². The van der Waals surface area contributed by atoms with Gasteiger partial charge in [-0.2, -0.15) is 5.10 Å². The van der Waals surface area contributed by atoms with Gasteiger partial charge in [0.05, 0.1) is 17.0 Å². The molecule has 0 saturated carbocycles. The van der Waals surface area contributed by atoms with Crippen LogP contribution < -0.4 is 5.56 Å². The van der Waals surface area contributed by atoms with Crippen molar-refractivity contribution in [2.45, 2.75) is 26.9 Å². The first-order chi connectivity index (χ1) is 12.3. The molecule has 0 bridgehead atoms. The lowest BCUT2D eigenvalue weighted by molar-refractivity contribution is -0.386. The molecule has 3 heterocycles. The van der Waals surface area contributed by atoms with Crippen LogP contribution in [0.15, 0.2) is 16.2 Å². The van der Waals surface area contributed by atoms with Crippen molar-refractivity contribution >= 4 is 33.1 Å². The summed E-state index contributed by atoms with van der Waals surface area (Å²) in [7, 11) is 1.57. The molecule has 26 heavy (non-hydrogen) atoms. The second-order valence-electron chi connectivity index (χ2n) is 5.83. The Bertz CT molecular complexity index is 1070. The monoisotopic (exact) mass is 376 g/mol. The second kappa shape index (κ2) is 6.67. The molecule has 0 aliphatic carbocycles. The minimum Gasteiger partial charge on any atom is -0.337 e. The van der Waals surface area contributed by atoms with E-state index in [1.165, 1.54) is 27.8 Å². The zero-order chi connectivity index (χ0) is 19.0. The topological polar surface area (TPSA) is 127 Å². The van der Waals surface area contributed by atoms with Gasteiger partial charge in [0.1, 0.15) is 28.5 Å². The summed E-state index contributed by atoms with van der Waals surface area (Å²) in [6.45, 7) is 3.05. The minimum absolute atomic E-state index is 0.0886. The molecule has 3 aromatic heterocycles. The van der Waals surface area contributed by atoms with Crippen LogP contribution in [0.1, 0.15) is 17.2 Å². The molecule has 3 aromatic rings. The Kier molecular flexibility index (Phi) is 4.55. The quantitative estimate of drug-likeness (QED) is 0.529. The number of hydrogen-bond donors (Lipinski definition) is 1. The smallest absolute Gasteiger partial charge is 0.312 e. The van der Waals surface area contributed by atoms with Crippen molar-refractivity contribution in [1.82, 2.24) is 24.6 Å². The molecule has 0 saturated heterocycles. The van der Waals surface area contributed by atoms with Crippen molar-refractivity contribution < 1.29 is 9.72 Å². The molecule has 0 spiro atoms. The molecule has 0 aliphatic rings. The summed E-state index contributed by atoms with van der Waals surface area (Å²) < 4.78 is 1.85. The van der Waals surface area contributed by atoms with Gasteiger partial charge in [0.2, 0.25) is 5.91 Å². The molecule has 1 amide bonds. The van der Waals surface area contributed by atoms with E-state index in [0.717, 1.165) is 0 Å². The average molecular weight is 376 g/mol. The highest BCUT2D eigenvalue weighted by molar-refractivity contribution is 7.17. The largest absolute Gasteiger partial charge is 0.337 e. The Labute approximate surface area is 151 Å². The summed E-state index contributed by atoms with van der Waals surface area (Å²) >= 11 is 1.30. The van der Waals surface area contributed by atoms with Crippen LogP contribution in [-0.4, -0.2) is 42.5 Å². The van der Waals surface area contributed by atoms with Gasteiger partial charge in [-0.15, -0.1) is 11.3 Å². The van der Waals surface area contributed by atoms with Crippen LogP contribution in [0.4, 0.5) is 5.69 Å². The third-order valence-electron chi connectivity index (χ3n) is 3.99. The standard InChI is InChI=1S/C15H16N6O4S/c1-8-13(21(24)25)9(2)20(18-8)7-12(22)19(3)6-11-16-10-4-5-26-14(10)15(23)17-11/h4-5H,6-7H2,1-3H3,(H,16,17,23). The van der Waals surface area contributed by atoms with Gasteiger partial charge in [0.25, 0.3) is 5.56 Å². The number of rotatable bonds is 5. The number of nitro groups is 1. The van der Waals surface area contributed by atoms with E-state index in [9.17, 15) is 19.7 Å². The molecule has 10 nitrogen and oxygen atoms in total. The first-order valence-electron chi connectivity index (χ1n) is 7.66. The van der Waals surface area contributed by atoms with E-state index >= 15 is 0 Å². The van der Waals surface area contributed by atoms with Crippen molar-refractivity contribution in [2.24, 2.45) is 0 Å². The number of amides is 1. The third kappa shape index (κ3) is 3.20. The molecular weight excluding hydrogens is 360 g/mol. The summed E-state index contributed by atoms with van der Waals surface area (Å²) in [5.74, 6) is 0.0645. The predicted octanol–water partition coefficient (Wildman–Crippen LogP) is 1.36. The lowest BCUT2D eigenvalue weighted by Crippen LogP contribution is -2.31. The number of H-pyrrole nitrogens is 1. The van der Waals surface area contributed by atoms with Crippen LogP contribution in [-0.2, 0) is 17.9 Å². The molecule has 0 aromatic carbocycles. The molecule has 11 heteroatoms. The Morgan fingerprint density at radius 1 is 1.46 bits per heavy atom. The van der Waals surface area contributed by atoms with Crippen LogP contribution in [0.5, 0.6) is 0 Å². The van der Waals surface area contributed by atoms with Gasteiger partial charge in [-0.1, -0.05) is 0 Å². The fourth-order valence-corrected chi connectivity index (χ4v) is 3.39. The van der Waals surface area contributed by atoms with Crippen molar-refractivity contribution in [3.05, 3.63) is 49.1 Å². The van der Waals surface area contributed by atoms with Gasteiger partial charge in [-0.3, -0.25) is 24.4 Å². The van der Waals surface area contributed by atoms with Gasteiger partial charge in [-0.05, 0) is 25.3 Å². The number of thiophene rings is 1. The molecule has 0 unspecified atom stereocenters. The van der Waals surface area contributed by atoms with Crippen LogP contribution in [0.2, 0.25) is 0 Å². The van der Waals surface area contributed by atoms with E-state index in [0.29, 0.717) is 21.7 Å². The maximum absolute atomic E-state index is 12.4. The maximum Gasteiger partial charge on any atom is 0.312 e. The molecule has 136 valence electrons. The van der Waals surface area contributed by atoms with Crippen LogP contribution >= 0.6 is 11.3 Å². The average Bonchev–Trinajstić information content (AvgIpc) is 3.12. The van der Waals surface area contributed by atoms with Crippen LogP contribution in [0, 0.1) is 24.0 Å². The number of aromatic nitrogens is 4. The third-order valence-corrected chi connectivity index (χ3v) is 4.89. The summed E-state index contributed by atoms with van der Waals surface area (Å²) in [6.07, 6.45) is 0. The fourth-order valence-electron chi connectivity index (χ4n) is 2.66. The van der Waals surface area contributed by atoms with Crippen molar-refractivity contribution in [3.8, 4) is 0 Å². The van der Waals surface area contributed by atoms with Crippen LogP contribution in [0.25, 0.3) is 10.2 Å². The van der Waals surface area contributed by atoms with E-state index in [2.05, 4.69) is 15.1 Å². The number of hydrogen-bond acceptors (Lipinski definition) is 7. The lowest BCUT2D eigenvalue weighted by Gasteiger charge is -2.16. The minimum atomic E-state index is -0.507. The number of nitrogens with one attached hydrogen (secondary N) is 1. The molecule has 3 rings (SSSR count). The summed E-state index contributed by atoms with van der Waals surface area (Å²) in [5.41, 5.74) is 0.838. The maximum atomic E-state index is 12.4.